The highest BCUT2D eigenvalue weighted by molar-refractivity contribution is 6.05. The van der Waals surface area contributed by atoms with E-state index in [9.17, 15) is 14.4 Å². The molecular formula is C23H25NO5. The molecule has 6 nitrogen and oxygen atoms in total. The molecule has 0 radical (unpaired) electrons. The van der Waals surface area contributed by atoms with E-state index < -0.39 is 5.97 Å². The maximum atomic E-state index is 12.5. The Morgan fingerprint density at radius 3 is 2.52 bits per heavy atom. The lowest BCUT2D eigenvalue weighted by molar-refractivity contribution is -0.141. The molecule has 1 saturated heterocycles. The van der Waals surface area contributed by atoms with Gasteiger partial charge in [-0.25, -0.2) is 0 Å². The van der Waals surface area contributed by atoms with Crippen LogP contribution < -0.4 is 4.74 Å². The van der Waals surface area contributed by atoms with Crippen molar-refractivity contribution in [1.82, 2.24) is 4.90 Å². The summed E-state index contributed by atoms with van der Waals surface area (Å²) in [5.74, 6) is 0.505. The zero-order valence-corrected chi connectivity index (χ0v) is 16.4. The number of rotatable bonds is 4. The highest BCUT2D eigenvalue weighted by Crippen LogP contribution is 2.38. The van der Waals surface area contributed by atoms with E-state index >= 15 is 0 Å². The second-order valence-corrected chi connectivity index (χ2v) is 8.42. The van der Waals surface area contributed by atoms with Crippen LogP contribution in [0.25, 0.3) is 11.0 Å². The van der Waals surface area contributed by atoms with Crippen molar-refractivity contribution in [2.24, 2.45) is 11.8 Å². The third-order valence-corrected chi connectivity index (χ3v) is 6.63. The average molecular weight is 395 g/mol. The number of likely N-dealkylation sites (tertiary alicyclic amines) is 1. The number of aryl methyl sites for hydroxylation is 2. The minimum absolute atomic E-state index is 0.0124. The van der Waals surface area contributed by atoms with E-state index in [1.165, 1.54) is 10.5 Å². The zero-order chi connectivity index (χ0) is 20.0. The van der Waals surface area contributed by atoms with E-state index in [4.69, 9.17) is 9.15 Å². The van der Waals surface area contributed by atoms with Gasteiger partial charge in [0.2, 0.25) is 11.8 Å². The zero-order valence-electron chi connectivity index (χ0n) is 16.4. The molecule has 2 atom stereocenters. The first-order valence-corrected chi connectivity index (χ1v) is 10.7. The number of imide groups is 1. The van der Waals surface area contributed by atoms with Crippen molar-refractivity contribution in [3.8, 4) is 5.75 Å². The van der Waals surface area contributed by atoms with Gasteiger partial charge >= 0.3 is 5.97 Å². The van der Waals surface area contributed by atoms with Gasteiger partial charge in [-0.05, 0) is 50.3 Å². The molecule has 1 aromatic carbocycles. The van der Waals surface area contributed by atoms with E-state index in [1.54, 1.807) is 6.07 Å². The molecule has 2 aliphatic carbocycles. The van der Waals surface area contributed by atoms with Gasteiger partial charge in [0.05, 0.1) is 18.3 Å². The molecule has 5 rings (SSSR count). The van der Waals surface area contributed by atoms with Crippen LogP contribution >= 0.6 is 0 Å². The molecule has 152 valence electrons. The number of hydrogen-bond acceptors (Lipinski definition) is 5. The second-order valence-electron chi connectivity index (χ2n) is 8.42. The van der Waals surface area contributed by atoms with Crippen molar-refractivity contribution in [3.63, 3.8) is 0 Å². The monoisotopic (exact) mass is 395 g/mol. The summed E-state index contributed by atoms with van der Waals surface area (Å²) in [5, 5.41) is 1.01. The minimum atomic E-state index is -0.433. The number of fused-ring (bicyclic) bond motifs is 4. The van der Waals surface area contributed by atoms with Crippen molar-refractivity contribution in [2.45, 2.75) is 57.8 Å². The van der Waals surface area contributed by atoms with Gasteiger partial charge in [0.1, 0.15) is 17.1 Å². The molecule has 0 bridgehead atoms. The van der Waals surface area contributed by atoms with Crippen LogP contribution in [0.3, 0.4) is 0 Å². The van der Waals surface area contributed by atoms with Crippen molar-refractivity contribution in [1.29, 1.82) is 0 Å². The smallest absolute Gasteiger partial charge is 0.312 e. The van der Waals surface area contributed by atoms with Crippen LogP contribution in [0.15, 0.2) is 22.6 Å². The Labute approximate surface area is 169 Å². The van der Waals surface area contributed by atoms with Crippen LogP contribution in [0, 0.1) is 11.8 Å². The van der Waals surface area contributed by atoms with E-state index in [1.807, 2.05) is 12.1 Å². The standard InChI is InChI=1S/C23H25NO5/c25-21(11-12-24-22(26)16-6-1-2-7-17(16)23(24)27)28-14-9-10-20-18(13-14)15-5-3-4-8-19(15)29-20/h9-10,13,16-17H,1-8,11-12H2. The summed E-state index contributed by atoms with van der Waals surface area (Å²) in [5.41, 5.74) is 2.05. The largest absolute Gasteiger partial charge is 0.461 e. The van der Waals surface area contributed by atoms with Crippen LogP contribution in [0.4, 0.5) is 0 Å². The second kappa shape index (κ2) is 7.32. The molecule has 2 heterocycles. The van der Waals surface area contributed by atoms with E-state index in [0.29, 0.717) is 5.75 Å². The maximum absolute atomic E-state index is 12.5. The Morgan fingerprint density at radius 2 is 1.76 bits per heavy atom. The van der Waals surface area contributed by atoms with Crippen LogP contribution in [0.2, 0.25) is 0 Å². The molecule has 0 spiro atoms. The van der Waals surface area contributed by atoms with Crippen molar-refractivity contribution in [2.75, 3.05) is 6.54 Å². The third kappa shape index (κ3) is 3.24. The lowest BCUT2D eigenvalue weighted by Gasteiger charge is -2.19. The number of furan rings is 1. The molecule has 1 aliphatic heterocycles. The number of carbonyl (C=O) groups excluding carboxylic acids is 3. The van der Waals surface area contributed by atoms with Crippen LogP contribution in [0.5, 0.6) is 5.75 Å². The summed E-state index contributed by atoms with van der Waals surface area (Å²) in [6.45, 7) is 0.104. The van der Waals surface area contributed by atoms with Gasteiger partial charge in [-0.15, -0.1) is 0 Å². The van der Waals surface area contributed by atoms with Crippen molar-refractivity contribution < 1.29 is 23.5 Å². The molecule has 29 heavy (non-hydrogen) atoms. The number of ether oxygens (including phenoxy) is 1. The van der Waals surface area contributed by atoms with Gasteiger partial charge in [-0.3, -0.25) is 19.3 Å². The molecule has 6 heteroatoms. The molecule has 2 aromatic rings. The lowest BCUT2D eigenvalue weighted by atomic mass is 9.81. The first kappa shape index (κ1) is 18.4. The molecule has 1 aromatic heterocycles. The van der Waals surface area contributed by atoms with Crippen molar-refractivity contribution in [3.05, 3.63) is 29.5 Å². The Kier molecular flexibility index (Phi) is 4.64. The SMILES string of the molecule is O=C(CCN1C(=O)C2CCCCC2C1=O)Oc1ccc2oc3c(c2c1)CCCC3. The predicted molar refractivity (Wildman–Crippen MR) is 105 cm³/mol. The molecule has 1 saturated carbocycles. The Hall–Kier alpha value is -2.63. The van der Waals surface area contributed by atoms with Gasteiger partial charge in [0, 0.05) is 23.9 Å². The molecule has 2 unspecified atom stereocenters. The van der Waals surface area contributed by atoms with Gasteiger partial charge in [-0.1, -0.05) is 12.8 Å². The summed E-state index contributed by atoms with van der Waals surface area (Å²) in [4.78, 5) is 38.7. The number of benzene rings is 1. The van der Waals surface area contributed by atoms with Crippen LogP contribution in [-0.4, -0.2) is 29.2 Å². The van der Waals surface area contributed by atoms with Crippen molar-refractivity contribution >= 4 is 28.8 Å². The number of nitrogens with zero attached hydrogens (tertiary/aromatic N) is 1. The maximum Gasteiger partial charge on any atom is 0.312 e. The van der Waals surface area contributed by atoms with E-state index in [0.717, 1.165) is 68.1 Å². The summed E-state index contributed by atoms with van der Waals surface area (Å²) in [7, 11) is 0. The predicted octanol–water partition coefficient (Wildman–Crippen LogP) is 3.78. The molecule has 0 N–H and O–H groups in total. The van der Waals surface area contributed by atoms with Gasteiger partial charge in [0.25, 0.3) is 0 Å². The summed E-state index contributed by atoms with van der Waals surface area (Å²) in [6.07, 6.45) is 7.80. The normalized spacial score (nSPS) is 23.9. The van der Waals surface area contributed by atoms with Gasteiger partial charge in [-0.2, -0.15) is 0 Å². The topological polar surface area (TPSA) is 76.8 Å². The summed E-state index contributed by atoms with van der Waals surface area (Å²) in [6, 6.07) is 5.44. The number of esters is 1. The number of hydrogen-bond donors (Lipinski definition) is 0. The Bertz CT molecular complexity index is 967. The molecular weight excluding hydrogens is 370 g/mol. The number of carbonyl (C=O) groups is 3. The Morgan fingerprint density at radius 1 is 1.03 bits per heavy atom. The van der Waals surface area contributed by atoms with E-state index in [2.05, 4.69) is 0 Å². The fraction of sp³-hybridized carbons (Fsp3) is 0.522. The average Bonchev–Trinajstić information content (AvgIpc) is 3.22. The van der Waals surface area contributed by atoms with Crippen LogP contribution in [0.1, 0.15) is 56.3 Å². The van der Waals surface area contributed by atoms with Crippen LogP contribution in [-0.2, 0) is 27.2 Å². The van der Waals surface area contributed by atoms with Gasteiger partial charge in [0.15, 0.2) is 0 Å². The highest BCUT2D eigenvalue weighted by Gasteiger charge is 2.47. The highest BCUT2D eigenvalue weighted by atomic mass is 16.5. The molecule has 3 aliphatic rings. The lowest BCUT2D eigenvalue weighted by Crippen LogP contribution is -2.33. The van der Waals surface area contributed by atoms with Gasteiger partial charge < -0.3 is 9.15 Å². The van der Waals surface area contributed by atoms with E-state index in [-0.39, 0.29) is 36.6 Å². The summed E-state index contributed by atoms with van der Waals surface area (Å²) < 4.78 is 11.4. The number of amides is 2. The molecule has 2 amide bonds. The first-order valence-electron chi connectivity index (χ1n) is 10.7. The third-order valence-electron chi connectivity index (χ3n) is 6.63. The first-order chi connectivity index (χ1) is 14.1. The quantitative estimate of drug-likeness (QED) is 0.447. The minimum Gasteiger partial charge on any atom is -0.461 e. The fourth-order valence-electron chi connectivity index (χ4n) is 5.14. The summed E-state index contributed by atoms with van der Waals surface area (Å²) >= 11 is 0. The Balaban J connectivity index is 1.24. The fourth-order valence-corrected chi connectivity index (χ4v) is 5.14. The molecule has 2 fully saturated rings.